The van der Waals surface area contributed by atoms with Crippen LogP contribution in [0.25, 0.3) is 0 Å². The van der Waals surface area contributed by atoms with Gasteiger partial charge >= 0.3 is 0 Å². The Balaban J connectivity index is 2.12. The minimum Gasteiger partial charge on any atom is -0.399 e. The minimum atomic E-state index is -0.248. The number of nitrogen functional groups attached to an aromatic ring is 1. The van der Waals surface area contributed by atoms with Gasteiger partial charge in [-0.15, -0.1) is 0 Å². The zero-order chi connectivity index (χ0) is 13.8. The molecular weight excluding hydrogens is 304 g/mol. The molecule has 2 aromatic rings. The molecule has 1 amide bonds. The molecular formula is C15H15BrN2O. The lowest BCUT2D eigenvalue weighted by Crippen LogP contribution is -2.18. The average Bonchev–Trinajstić information content (AvgIpc) is 2.38. The maximum Gasteiger partial charge on any atom is 0.231 e. The van der Waals surface area contributed by atoms with Crippen LogP contribution < -0.4 is 11.1 Å². The minimum absolute atomic E-state index is 0.0521. The first kappa shape index (κ1) is 13.6. The van der Waals surface area contributed by atoms with E-state index in [0.717, 1.165) is 15.7 Å². The van der Waals surface area contributed by atoms with Gasteiger partial charge in [-0.05, 0) is 42.8 Å². The Morgan fingerprint density at radius 1 is 1.21 bits per heavy atom. The highest BCUT2D eigenvalue weighted by atomic mass is 79.9. The second-order valence-electron chi connectivity index (χ2n) is 4.39. The monoisotopic (exact) mass is 318 g/mol. The molecule has 0 spiro atoms. The predicted molar refractivity (Wildman–Crippen MR) is 82.0 cm³/mol. The molecule has 0 radical (unpaired) electrons. The van der Waals surface area contributed by atoms with Crippen LogP contribution in [0.15, 0.2) is 53.0 Å². The maximum atomic E-state index is 12.2. The number of benzene rings is 2. The van der Waals surface area contributed by atoms with Gasteiger partial charge in [-0.25, -0.2) is 0 Å². The van der Waals surface area contributed by atoms with E-state index in [1.54, 1.807) is 0 Å². The van der Waals surface area contributed by atoms with Crippen molar-refractivity contribution in [1.82, 2.24) is 0 Å². The van der Waals surface area contributed by atoms with Crippen molar-refractivity contribution in [3.05, 3.63) is 58.6 Å². The fourth-order valence-corrected chi connectivity index (χ4v) is 2.20. The van der Waals surface area contributed by atoms with Crippen LogP contribution >= 0.6 is 15.9 Å². The smallest absolute Gasteiger partial charge is 0.231 e. The van der Waals surface area contributed by atoms with Gasteiger partial charge in [0.05, 0.1) is 5.92 Å². The summed E-state index contributed by atoms with van der Waals surface area (Å²) in [6, 6.07) is 14.9. The summed E-state index contributed by atoms with van der Waals surface area (Å²) >= 11 is 3.38. The fraction of sp³-hybridized carbons (Fsp3) is 0.133. The van der Waals surface area contributed by atoms with E-state index in [1.807, 2.05) is 55.5 Å². The molecule has 3 nitrogen and oxygen atoms in total. The van der Waals surface area contributed by atoms with Gasteiger partial charge in [-0.3, -0.25) is 4.79 Å². The van der Waals surface area contributed by atoms with E-state index >= 15 is 0 Å². The molecule has 1 unspecified atom stereocenters. The van der Waals surface area contributed by atoms with E-state index in [4.69, 9.17) is 5.73 Å². The lowest BCUT2D eigenvalue weighted by atomic mass is 10.00. The molecule has 0 saturated heterocycles. The summed E-state index contributed by atoms with van der Waals surface area (Å²) in [6.07, 6.45) is 0. The van der Waals surface area contributed by atoms with E-state index in [-0.39, 0.29) is 11.8 Å². The molecule has 19 heavy (non-hydrogen) atoms. The van der Waals surface area contributed by atoms with E-state index in [9.17, 15) is 4.79 Å². The molecule has 4 heteroatoms. The summed E-state index contributed by atoms with van der Waals surface area (Å²) in [5.41, 5.74) is 8.08. The van der Waals surface area contributed by atoms with Gasteiger partial charge in [0, 0.05) is 15.8 Å². The van der Waals surface area contributed by atoms with Crippen LogP contribution in [-0.4, -0.2) is 5.91 Å². The van der Waals surface area contributed by atoms with Gasteiger partial charge < -0.3 is 11.1 Å². The Labute approximate surface area is 121 Å². The van der Waals surface area contributed by atoms with Crippen LogP contribution in [-0.2, 0) is 4.79 Å². The van der Waals surface area contributed by atoms with Crippen molar-refractivity contribution in [3.63, 3.8) is 0 Å². The first-order valence-electron chi connectivity index (χ1n) is 5.98. The summed E-state index contributed by atoms with van der Waals surface area (Å²) in [7, 11) is 0. The van der Waals surface area contributed by atoms with Crippen LogP contribution in [0.3, 0.4) is 0 Å². The molecule has 0 aliphatic rings. The van der Waals surface area contributed by atoms with E-state index in [2.05, 4.69) is 21.2 Å². The summed E-state index contributed by atoms with van der Waals surface area (Å²) in [6.45, 7) is 1.86. The Hall–Kier alpha value is -1.81. The third-order valence-corrected chi connectivity index (χ3v) is 3.39. The van der Waals surface area contributed by atoms with Crippen LogP contribution in [0.1, 0.15) is 18.4 Å². The second kappa shape index (κ2) is 5.89. The zero-order valence-corrected chi connectivity index (χ0v) is 12.1. The fourth-order valence-electron chi connectivity index (χ4n) is 1.80. The number of amides is 1. The number of carbonyl (C=O) groups excluding carboxylic acids is 1. The van der Waals surface area contributed by atoms with Gasteiger partial charge in [0.1, 0.15) is 0 Å². The number of rotatable bonds is 3. The van der Waals surface area contributed by atoms with Crippen molar-refractivity contribution in [2.24, 2.45) is 0 Å². The highest BCUT2D eigenvalue weighted by Gasteiger charge is 2.15. The first-order chi connectivity index (χ1) is 9.06. The molecule has 0 fully saturated rings. The summed E-state index contributed by atoms with van der Waals surface area (Å²) in [5, 5.41) is 2.89. The van der Waals surface area contributed by atoms with Crippen molar-refractivity contribution in [2.75, 3.05) is 11.1 Å². The van der Waals surface area contributed by atoms with Crippen molar-refractivity contribution >= 4 is 33.2 Å². The van der Waals surface area contributed by atoms with Gasteiger partial charge in [-0.1, -0.05) is 34.1 Å². The Morgan fingerprint density at radius 2 is 1.95 bits per heavy atom. The lowest BCUT2D eigenvalue weighted by Gasteiger charge is -2.13. The Kier molecular flexibility index (Phi) is 4.22. The summed E-state index contributed by atoms with van der Waals surface area (Å²) in [4.78, 5) is 12.2. The van der Waals surface area contributed by atoms with Gasteiger partial charge in [0.15, 0.2) is 0 Å². The molecule has 0 saturated carbocycles. The van der Waals surface area contributed by atoms with Crippen LogP contribution in [0.5, 0.6) is 0 Å². The molecule has 0 aliphatic heterocycles. The van der Waals surface area contributed by atoms with Crippen LogP contribution in [0.4, 0.5) is 11.4 Å². The van der Waals surface area contributed by atoms with Crippen LogP contribution in [0.2, 0.25) is 0 Å². The Bertz CT molecular complexity index is 598. The molecule has 0 bridgehead atoms. The molecule has 0 heterocycles. The molecule has 0 aliphatic carbocycles. The highest BCUT2D eigenvalue weighted by Crippen LogP contribution is 2.21. The van der Waals surface area contributed by atoms with Crippen molar-refractivity contribution in [2.45, 2.75) is 12.8 Å². The SMILES string of the molecule is CC(C(=O)Nc1cccc(Br)c1)c1cccc(N)c1. The number of nitrogens with one attached hydrogen (secondary N) is 1. The molecule has 0 aromatic heterocycles. The zero-order valence-electron chi connectivity index (χ0n) is 10.6. The summed E-state index contributed by atoms with van der Waals surface area (Å²) < 4.78 is 0.932. The largest absolute Gasteiger partial charge is 0.399 e. The van der Waals surface area contributed by atoms with Crippen molar-refractivity contribution in [1.29, 1.82) is 0 Å². The highest BCUT2D eigenvalue weighted by molar-refractivity contribution is 9.10. The number of nitrogens with two attached hydrogens (primary N) is 1. The second-order valence-corrected chi connectivity index (χ2v) is 5.31. The quantitative estimate of drug-likeness (QED) is 0.846. The van der Waals surface area contributed by atoms with Crippen molar-refractivity contribution < 1.29 is 4.79 Å². The third-order valence-electron chi connectivity index (χ3n) is 2.90. The van der Waals surface area contributed by atoms with Crippen molar-refractivity contribution in [3.8, 4) is 0 Å². The standard InChI is InChI=1S/C15H15BrN2O/c1-10(11-4-2-6-13(17)8-11)15(19)18-14-7-3-5-12(16)9-14/h2-10H,17H2,1H3,(H,18,19). The molecule has 1 atom stereocenters. The first-order valence-corrected chi connectivity index (χ1v) is 6.77. The molecule has 3 N–H and O–H groups in total. The average molecular weight is 319 g/mol. The van der Waals surface area contributed by atoms with Gasteiger partial charge in [0.2, 0.25) is 5.91 Å². The molecule has 2 aromatic carbocycles. The van der Waals surface area contributed by atoms with Gasteiger partial charge in [-0.2, -0.15) is 0 Å². The molecule has 98 valence electrons. The van der Waals surface area contributed by atoms with Gasteiger partial charge in [0.25, 0.3) is 0 Å². The Morgan fingerprint density at radius 3 is 2.63 bits per heavy atom. The number of anilines is 2. The normalized spacial score (nSPS) is 11.9. The van der Waals surface area contributed by atoms with E-state index < -0.39 is 0 Å². The van der Waals surface area contributed by atoms with Crippen LogP contribution in [0, 0.1) is 0 Å². The lowest BCUT2D eigenvalue weighted by molar-refractivity contribution is -0.117. The number of hydrogen-bond acceptors (Lipinski definition) is 2. The number of hydrogen-bond donors (Lipinski definition) is 2. The maximum absolute atomic E-state index is 12.2. The number of carbonyl (C=O) groups is 1. The molecule has 2 rings (SSSR count). The topological polar surface area (TPSA) is 55.1 Å². The predicted octanol–water partition coefficient (Wildman–Crippen LogP) is 3.77. The summed E-state index contributed by atoms with van der Waals surface area (Å²) in [5.74, 6) is -0.300. The van der Waals surface area contributed by atoms with E-state index in [0.29, 0.717) is 5.69 Å². The third kappa shape index (κ3) is 3.58. The number of halogens is 1. The van der Waals surface area contributed by atoms with E-state index in [1.165, 1.54) is 0 Å².